The van der Waals surface area contributed by atoms with E-state index in [4.69, 9.17) is 23.2 Å². The number of hydrogen-bond donors (Lipinski definition) is 1. The van der Waals surface area contributed by atoms with Crippen molar-refractivity contribution in [2.24, 2.45) is 0 Å². The third-order valence-corrected chi connectivity index (χ3v) is 8.73. The first-order chi connectivity index (χ1) is 13.7. The van der Waals surface area contributed by atoms with E-state index < -0.39 is 10.2 Å². The van der Waals surface area contributed by atoms with Crippen LogP contribution >= 0.6 is 35.0 Å². The fourth-order valence-electron chi connectivity index (χ4n) is 3.48. The van der Waals surface area contributed by atoms with Crippen molar-refractivity contribution in [2.45, 2.75) is 11.3 Å². The van der Waals surface area contributed by atoms with Gasteiger partial charge in [0.05, 0.1) is 21.4 Å². The van der Waals surface area contributed by atoms with Gasteiger partial charge in [-0.15, -0.1) is 0 Å². The number of fused-ring (bicyclic) bond motifs is 1. The zero-order valence-electron chi connectivity index (χ0n) is 15.9. The second kappa shape index (κ2) is 7.79. The number of halogens is 2. The molecule has 7 nitrogen and oxygen atoms in total. The highest BCUT2D eigenvalue weighted by molar-refractivity contribution is 8.03. The number of anilines is 2. The highest BCUT2D eigenvalue weighted by Gasteiger charge is 2.31. The molecule has 3 aliphatic rings. The van der Waals surface area contributed by atoms with Crippen molar-refractivity contribution in [3.8, 4) is 0 Å². The molecule has 1 saturated heterocycles. The summed E-state index contributed by atoms with van der Waals surface area (Å²) in [4.78, 5) is 15.8. The maximum atomic E-state index is 12.3. The topological polar surface area (TPSA) is 73.0 Å². The molecule has 1 aromatic carbocycles. The minimum Gasteiger partial charge on any atom is -0.369 e. The Morgan fingerprint density at radius 2 is 1.83 bits per heavy atom. The summed E-state index contributed by atoms with van der Waals surface area (Å²) in [6, 6.07) is 3.90. The summed E-state index contributed by atoms with van der Waals surface area (Å²) >= 11 is 14.3. The van der Waals surface area contributed by atoms with Gasteiger partial charge < -0.3 is 10.2 Å². The number of piperazine rings is 1. The van der Waals surface area contributed by atoms with Gasteiger partial charge in [0.25, 0.3) is 10.2 Å². The third-order valence-electron chi connectivity index (χ3n) is 5.05. The number of ketones is 1. The summed E-state index contributed by atoms with van der Waals surface area (Å²) in [6.07, 6.45) is 1.74. The van der Waals surface area contributed by atoms with Gasteiger partial charge >= 0.3 is 0 Å². The minimum absolute atomic E-state index is 0.0213. The Morgan fingerprint density at radius 3 is 2.48 bits per heavy atom. The summed E-state index contributed by atoms with van der Waals surface area (Å²) in [7, 11) is -0.333. The number of nitrogens with zero attached hydrogens (tertiary/aromatic N) is 3. The second-order valence-corrected chi connectivity index (χ2v) is 11.2. The van der Waals surface area contributed by atoms with E-state index in [0.717, 1.165) is 26.9 Å². The molecule has 29 heavy (non-hydrogen) atoms. The van der Waals surface area contributed by atoms with Crippen molar-refractivity contribution in [1.29, 1.82) is 0 Å². The second-order valence-electron chi connectivity index (χ2n) is 7.14. The summed E-state index contributed by atoms with van der Waals surface area (Å²) in [6.45, 7) is 1.96. The van der Waals surface area contributed by atoms with Gasteiger partial charge in [0, 0.05) is 68.3 Å². The first kappa shape index (κ1) is 21.0. The molecule has 11 heteroatoms. The lowest BCUT2D eigenvalue weighted by atomic mass is 10.1. The number of nitrogens with one attached hydrogen (secondary N) is 1. The van der Waals surface area contributed by atoms with Crippen LogP contribution in [0.3, 0.4) is 0 Å². The Hall–Kier alpha value is -1.23. The van der Waals surface area contributed by atoms with Crippen molar-refractivity contribution >= 4 is 62.3 Å². The van der Waals surface area contributed by atoms with Crippen LogP contribution < -0.4 is 10.2 Å². The van der Waals surface area contributed by atoms with Crippen molar-refractivity contribution < 1.29 is 13.2 Å². The van der Waals surface area contributed by atoms with E-state index in [-0.39, 0.29) is 5.78 Å². The molecule has 0 atom stereocenters. The van der Waals surface area contributed by atoms with Gasteiger partial charge in [0.1, 0.15) is 0 Å². The number of thioether (sulfide) groups is 1. The Kier molecular flexibility index (Phi) is 5.65. The molecule has 4 rings (SSSR count). The van der Waals surface area contributed by atoms with E-state index in [2.05, 4.69) is 10.2 Å². The summed E-state index contributed by atoms with van der Waals surface area (Å²) in [5.41, 5.74) is 2.44. The fraction of sp³-hybridized carbons (Fsp3) is 0.389. The number of rotatable bonds is 3. The Balaban J connectivity index is 1.55. The molecule has 1 N–H and O–H groups in total. The number of allylic oxidation sites excluding steroid dienone is 3. The van der Waals surface area contributed by atoms with E-state index in [1.54, 1.807) is 0 Å². The highest BCUT2D eigenvalue weighted by atomic mass is 35.5. The predicted octanol–water partition coefficient (Wildman–Crippen LogP) is 3.09. The predicted molar refractivity (Wildman–Crippen MR) is 118 cm³/mol. The number of carbonyl (C=O) groups is 1. The minimum atomic E-state index is -3.41. The lowest BCUT2D eigenvalue weighted by molar-refractivity contribution is -0.114. The zero-order chi connectivity index (χ0) is 20.9. The van der Waals surface area contributed by atoms with Gasteiger partial charge in [-0.3, -0.25) is 4.79 Å². The van der Waals surface area contributed by atoms with Crippen LogP contribution in [0.4, 0.5) is 11.4 Å². The molecule has 2 heterocycles. The summed E-state index contributed by atoms with van der Waals surface area (Å²) < 4.78 is 27.3. The number of hydrogen-bond acceptors (Lipinski definition) is 6. The summed E-state index contributed by atoms with van der Waals surface area (Å²) in [5.74, 6) is -0.0213. The van der Waals surface area contributed by atoms with Crippen molar-refractivity contribution in [3.63, 3.8) is 0 Å². The van der Waals surface area contributed by atoms with Gasteiger partial charge in [-0.25, -0.2) is 0 Å². The molecule has 0 saturated carbocycles. The standard InChI is InChI=1S/C18H20Cl2N4O3S2/c1-22(2)29(26,27)24-5-3-23(4-6-24)11-7-13(19)17-15(8-11)28-16-10-12(25)9-14(20)18(16)21-17/h7-9,21H,3-6,10H2,1-2H3. The van der Waals surface area contributed by atoms with E-state index >= 15 is 0 Å². The van der Waals surface area contributed by atoms with Gasteiger partial charge in [-0.2, -0.15) is 17.0 Å². The van der Waals surface area contributed by atoms with Crippen LogP contribution in [-0.2, 0) is 15.0 Å². The average molecular weight is 475 g/mol. The Bertz CT molecular complexity index is 1050. The molecule has 0 spiro atoms. The van der Waals surface area contributed by atoms with Gasteiger partial charge in [-0.05, 0) is 12.1 Å². The van der Waals surface area contributed by atoms with Gasteiger partial charge in [-0.1, -0.05) is 35.0 Å². The van der Waals surface area contributed by atoms with Crippen LogP contribution in [0, 0.1) is 0 Å². The van der Waals surface area contributed by atoms with Crippen LogP contribution in [0.25, 0.3) is 0 Å². The molecule has 0 radical (unpaired) electrons. The molecule has 1 aromatic rings. The number of carbonyl (C=O) groups excluding carboxylic acids is 1. The van der Waals surface area contributed by atoms with E-state index in [9.17, 15) is 13.2 Å². The van der Waals surface area contributed by atoms with Crippen molar-refractivity contribution in [1.82, 2.24) is 8.61 Å². The van der Waals surface area contributed by atoms with Crippen LogP contribution in [0.1, 0.15) is 6.42 Å². The zero-order valence-corrected chi connectivity index (χ0v) is 19.1. The molecule has 0 unspecified atom stereocenters. The lowest BCUT2D eigenvalue weighted by Gasteiger charge is -2.37. The summed E-state index contributed by atoms with van der Waals surface area (Å²) in [5, 5.41) is 4.22. The Labute approximate surface area is 184 Å². The Morgan fingerprint density at radius 1 is 1.14 bits per heavy atom. The maximum Gasteiger partial charge on any atom is 0.281 e. The van der Waals surface area contributed by atoms with Crippen LogP contribution in [0.5, 0.6) is 0 Å². The van der Waals surface area contributed by atoms with Crippen LogP contribution in [-0.4, -0.2) is 63.1 Å². The van der Waals surface area contributed by atoms with E-state index in [1.807, 2.05) is 12.1 Å². The molecular formula is C18H20Cl2N4O3S2. The first-order valence-corrected chi connectivity index (χ1v) is 12.0. The van der Waals surface area contributed by atoms with E-state index in [1.165, 1.54) is 40.5 Å². The third kappa shape index (κ3) is 3.92. The van der Waals surface area contributed by atoms with Crippen LogP contribution in [0.15, 0.2) is 38.7 Å². The molecule has 0 amide bonds. The number of benzene rings is 1. The largest absolute Gasteiger partial charge is 0.369 e. The normalized spacial score (nSPS) is 20.4. The maximum absolute atomic E-state index is 12.3. The highest BCUT2D eigenvalue weighted by Crippen LogP contribution is 2.49. The van der Waals surface area contributed by atoms with Crippen molar-refractivity contribution in [2.75, 3.05) is 50.5 Å². The van der Waals surface area contributed by atoms with Crippen LogP contribution in [0.2, 0.25) is 5.02 Å². The SMILES string of the molecule is CN(C)S(=O)(=O)N1CCN(c2cc(Cl)c3c(c2)SC2=C(N3)C(Cl)=CC(=O)C2)CC1. The smallest absolute Gasteiger partial charge is 0.281 e. The molecule has 156 valence electrons. The molecule has 2 aliphatic heterocycles. The molecule has 1 fully saturated rings. The monoisotopic (exact) mass is 474 g/mol. The van der Waals surface area contributed by atoms with Gasteiger partial charge in [0.15, 0.2) is 5.78 Å². The van der Waals surface area contributed by atoms with Crippen molar-refractivity contribution in [3.05, 3.63) is 38.9 Å². The molecule has 0 bridgehead atoms. The molecule has 1 aliphatic carbocycles. The fourth-order valence-corrected chi connectivity index (χ4v) is 6.41. The average Bonchev–Trinajstić information content (AvgIpc) is 2.66. The van der Waals surface area contributed by atoms with Gasteiger partial charge in [0.2, 0.25) is 0 Å². The lowest BCUT2D eigenvalue weighted by Crippen LogP contribution is -2.51. The quantitative estimate of drug-likeness (QED) is 0.725. The van der Waals surface area contributed by atoms with E-state index in [0.29, 0.717) is 42.7 Å². The first-order valence-electron chi connectivity index (χ1n) is 9.01. The molecule has 0 aromatic heterocycles. The molecular weight excluding hydrogens is 455 g/mol.